The lowest BCUT2D eigenvalue weighted by Gasteiger charge is -2.34. The molecular formula is C22H26N2O5. The molecule has 2 aromatic carbocycles. The smallest absolute Gasteiger partial charge is 0.305 e. The second-order valence-electron chi connectivity index (χ2n) is 7.58. The summed E-state index contributed by atoms with van der Waals surface area (Å²) in [4.78, 5) is 25.5. The molecule has 4 rings (SSSR count). The van der Waals surface area contributed by atoms with Crippen molar-refractivity contribution in [1.29, 1.82) is 0 Å². The molecule has 0 saturated carbocycles. The molecule has 154 valence electrons. The van der Waals surface area contributed by atoms with Gasteiger partial charge >= 0.3 is 5.97 Å². The first-order chi connectivity index (χ1) is 14.1. The van der Waals surface area contributed by atoms with Gasteiger partial charge in [-0.15, -0.1) is 0 Å². The zero-order valence-corrected chi connectivity index (χ0v) is 16.3. The first-order valence-electron chi connectivity index (χ1n) is 10.1. The van der Waals surface area contributed by atoms with Gasteiger partial charge in [-0.05, 0) is 29.7 Å². The van der Waals surface area contributed by atoms with Crippen molar-refractivity contribution in [2.24, 2.45) is 0 Å². The van der Waals surface area contributed by atoms with Gasteiger partial charge in [0.1, 0.15) is 18.4 Å². The van der Waals surface area contributed by atoms with Gasteiger partial charge in [-0.3, -0.25) is 14.5 Å². The van der Waals surface area contributed by atoms with E-state index in [9.17, 15) is 14.7 Å². The zero-order chi connectivity index (χ0) is 20.2. The molecule has 2 N–H and O–H groups in total. The second-order valence-corrected chi connectivity index (χ2v) is 7.58. The molecule has 1 amide bonds. The molecule has 0 aliphatic carbocycles. The van der Waals surface area contributed by atoms with Gasteiger partial charge in [0, 0.05) is 31.8 Å². The predicted octanol–water partition coefficient (Wildman–Crippen LogP) is 2.17. The van der Waals surface area contributed by atoms with Crippen LogP contribution in [0.1, 0.15) is 24.8 Å². The first-order valence-corrected chi connectivity index (χ1v) is 10.1. The average molecular weight is 398 g/mol. The predicted molar refractivity (Wildman–Crippen MR) is 108 cm³/mol. The number of aliphatic carboxylic acids is 1. The van der Waals surface area contributed by atoms with E-state index in [2.05, 4.69) is 5.32 Å². The largest absolute Gasteiger partial charge is 0.491 e. The quantitative estimate of drug-likeness (QED) is 0.743. The van der Waals surface area contributed by atoms with E-state index >= 15 is 0 Å². The molecule has 0 bridgehead atoms. The molecular weight excluding hydrogens is 372 g/mol. The third-order valence-corrected chi connectivity index (χ3v) is 5.62. The summed E-state index contributed by atoms with van der Waals surface area (Å²) in [5.41, 5.74) is 0.978. The van der Waals surface area contributed by atoms with Crippen molar-refractivity contribution in [3.05, 3.63) is 42.0 Å². The van der Waals surface area contributed by atoms with E-state index in [4.69, 9.17) is 9.47 Å². The van der Waals surface area contributed by atoms with Crippen molar-refractivity contribution in [2.75, 3.05) is 26.3 Å². The molecule has 2 atom stereocenters. The van der Waals surface area contributed by atoms with Crippen molar-refractivity contribution in [1.82, 2.24) is 10.2 Å². The van der Waals surface area contributed by atoms with Gasteiger partial charge in [0.05, 0.1) is 12.5 Å². The van der Waals surface area contributed by atoms with Crippen molar-refractivity contribution >= 4 is 22.6 Å². The lowest BCUT2D eigenvalue weighted by molar-refractivity contribution is -0.143. The minimum atomic E-state index is -0.982. The van der Waals surface area contributed by atoms with Crippen LogP contribution in [0.4, 0.5) is 0 Å². The van der Waals surface area contributed by atoms with E-state index in [1.165, 1.54) is 0 Å². The summed E-state index contributed by atoms with van der Waals surface area (Å²) in [6, 6.07) is 11.4. The zero-order valence-electron chi connectivity index (χ0n) is 16.3. The number of ether oxygens (including phenoxy) is 2. The Balaban J connectivity index is 1.63. The topological polar surface area (TPSA) is 88.1 Å². The summed E-state index contributed by atoms with van der Waals surface area (Å²) in [5, 5.41) is 14.2. The maximum absolute atomic E-state index is 12.3. The molecule has 0 radical (unpaired) electrons. The molecule has 2 unspecified atom stereocenters. The van der Waals surface area contributed by atoms with Crippen LogP contribution in [0, 0.1) is 0 Å². The van der Waals surface area contributed by atoms with E-state index in [0.717, 1.165) is 41.5 Å². The fourth-order valence-corrected chi connectivity index (χ4v) is 4.11. The number of fused-ring (bicyclic) bond motifs is 1. The van der Waals surface area contributed by atoms with Gasteiger partial charge in [0.25, 0.3) is 0 Å². The molecule has 2 aliphatic rings. The third-order valence-electron chi connectivity index (χ3n) is 5.62. The molecule has 0 spiro atoms. The van der Waals surface area contributed by atoms with Crippen LogP contribution in [0.15, 0.2) is 36.4 Å². The van der Waals surface area contributed by atoms with Crippen LogP contribution in [-0.4, -0.2) is 60.3 Å². The molecule has 2 aromatic rings. The third kappa shape index (κ3) is 4.52. The Bertz CT molecular complexity index is 894. The molecule has 2 heterocycles. The number of benzene rings is 2. The minimum Gasteiger partial charge on any atom is -0.491 e. The van der Waals surface area contributed by atoms with Crippen LogP contribution in [-0.2, 0) is 20.9 Å². The van der Waals surface area contributed by atoms with Crippen LogP contribution in [0.5, 0.6) is 5.75 Å². The van der Waals surface area contributed by atoms with Gasteiger partial charge in [0.15, 0.2) is 0 Å². The summed E-state index contributed by atoms with van der Waals surface area (Å²) in [5.74, 6) is -0.454. The van der Waals surface area contributed by atoms with Crippen LogP contribution >= 0.6 is 0 Å². The van der Waals surface area contributed by atoms with Gasteiger partial charge in [0.2, 0.25) is 5.91 Å². The lowest BCUT2D eigenvalue weighted by Crippen LogP contribution is -2.55. The highest BCUT2D eigenvalue weighted by Crippen LogP contribution is 2.31. The van der Waals surface area contributed by atoms with Crippen molar-refractivity contribution < 1.29 is 24.2 Å². The minimum absolute atomic E-state index is 0.106. The number of piperazine rings is 1. The fourth-order valence-electron chi connectivity index (χ4n) is 4.11. The average Bonchev–Trinajstić information content (AvgIpc) is 3.23. The monoisotopic (exact) mass is 398 g/mol. The highest BCUT2D eigenvalue weighted by molar-refractivity contribution is 5.89. The summed E-state index contributed by atoms with van der Waals surface area (Å²) in [6.07, 6.45) is 1.94. The number of nitrogens with zero attached hydrogens (tertiary/aromatic N) is 1. The molecule has 2 aliphatic heterocycles. The number of carbonyl (C=O) groups excluding carboxylic acids is 1. The van der Waals surface area contributed by atoms with Crippen LogP contribution in [0.25, 0.3) is 10.8 Å². The molecule has 2 saturated heterocycles. The van der Waals surface area contributed by atoms with Crippen molar-refractivity contribution in [3.63, 3.8) is 0 Å². The van der Waals surface area contributed by atoms with Crippen LogP contribution < -0.4 is 10.1 Å². The van der Waals surface area contributed by atoms with E-state index in [-0.39, 0.29) is 18.4 Å². The standard InChI is InChI=1S/C22H26N2O5/c25-21(26)12-19-22(27)23-9-10-24(19)13-18-17-6-2-1-4-15(17)7-8-20(18)29-14-16-5-3-11-28-16/h1-2,4,6-8,16,19H,3,5,9-14H2,(H,23,27)(H,25,26). The lowest BCUT2D eigenvalue weighted by atomic mass is 10.0. The van der Waals surface area contributed by atoms with Gasteiger partial charge in [-0.2, -0.15) is 0 Å². The van der Waals surface area contributed by atoms with Crippen molar-refractivity contribution in [2.45, 2.75) is 38.0 Å². The SMILES string of the molecule is O=C(O)CC1C(=O)NCCN1Cc1c(OCC2CCCO2)ccc2ccccc12. The van der Waals surface area contributed by atoms with Crippen molar-refractivity contribution in [3.8, 4) is 5.75 Å². The normalized spacial score (nSPS) is 22.6. The Morgan fingerprint density at radius 1 is 1.28 bits per heavy atom. The Morgan fingerprint density at radius 3 is 2.93 bits per heavy atom. The molecule has 0 aromatic heterocycles. The summed E-state index contributed by atoms with van der Waals surface area (Å²) >= 11 is 0. The number of carbonyl (C=O) groups is 2. The maximum atomic E-state index is 12.3. The van der Waals surface area contributed by atoms with Crippen LogP contribution in [0.3, 0.4) is 0 Å². The van der Waals surface area contributed by atoms with Crippen LogP contribution in [0.2, 0.25) is 0 Å². The maximum Gasteiger partial charge on any atom is 0.305 e. The number of amides is 1. The van der Waals surface area contributed by atoms with Gasteiger partial charge < -0.3 is 19.9 Å². The first kappa shape index (κ1) is 19.7. The Morgan fingerprint density at radius 2 is 2.14 bits per heavy atom. The highest BCUT2D eigenvalue weighted by Gasteiger charge is 2.32. The second kappa shape index (κ2) is 8.80. The Hall–Kier alpha value is -2.64. The van der Waals surface area contributed by atoms with E-state index in [1.54, 1.807) is 0 Å². The Labute approximate surface area is 169 Å². The van der Waals surface area contributed by atoms with Gasteiger partial charge in [-0.1, -0.05) is 30.3 Å². The number of hydrogen-bond donors (Lipinski definition) is 2. The molecule has 7 heteroatoms. The van der Waals surface area contributed by atoms with E-state index in [1.807, 2.05) is 41.3 Å². The number of rotatable bonds is 7. The molecule has 29 heavy (non-hydrogen) atoms. The molecule has 7 nitrogen and oxygen atoms in total. The van der Waals surface area contributed by atoms with Gasteiger partial charge in [-0.25, -0.2) is 0 Å². The number of carboxylic acids is 1. The summed E-state index contributed by atoms with van der Waals surface area (Å²) in [6.45, 7) is 2.82. The Kier molecular flexibility index (Phi) is 5.97. The van der Waals surface area contributed by atoms with E-state index < -0.39 is 12.0 Å². The summed E-state index contributed by atoms with van der Waals surface area (Å²) < 4.78 is 11.8. The number of hydrogen-bond acceptors (Lipinski definition) is 5. The number of carboxylic acid groups (broad SMARTS) is 1. The summed E-state index contributed by atoms with van der Waals surface area (Å²) in [7, 11) is 0. The fraction of sp³-hybridized carbons (Fsp3) is 0.455. The highest BCUT2D eigenvalue weighted by atomic mass is 16.5. The molecule has 2 fully saturated rings. The van der Waals surface area contributed by atoms with E-state index in [0.29, 0.717) is 26.2 Å². The number of nitrogens with one attached hydrogen (secondary N) is 1.